The second-order valence-electron chi connectivity index (χ2n) is 6.62. The van der Waals surface area contributed by atoms with E-state index in [2.05, 4.69) is 5.32 Å². The number of ether oxygens (including phenoxy) is 2. The molecule has 0 atom stereocenters. The Kier molecular flexibility index (Phi) is 7.58. The third kappa shape index (κ3) is 5.25. The molecule has 1 aliphatic heterocycles. The zero-order valence-electron chi connectivity index (χ0n) is 16.7. The van der Waals surface area contributed by atoms with Crippen LogP contribution in [0.4, 0.5) is 0 Å². The van der Waals surface area contributed by atoms with Gasteiger partial charge in [-0.05, 0) is 67.0 Å². The molecule has 158 valence electrons. The van der Waals surface area contributed by atoms with Crippen LogP contribution in [0.1, 0.15) is 31.4 Å². The van der Waals surface area contributed by atoms with Crippen molar-refractivity contribution in [3.05, 3.63) is 63.3 Å². The summed E-state index contributed by atoms with van der Waals surface area (Å²) in [5.41, 5.74) is 2.07. The molecule has 30 heavy (non-hydrogen) atoms. The van der Waals surface area contributed by atoms with Gasteiger partial charge in [-0.2, -0.15) is 0 Å². The lowest BCUT2D eigenvalue weighted by Gasteiger charge is -2.15. The maximum atomic E-state index is 12.6. The smallest absolute Gasteiger partial charge is 0.276 e. The fourth-order valence-electron chi connectivity index (χ4n) is 2.98. The molecular weight excluding hydrogens is 443 g/mol. The highest BCUT2D eigenvalue weighted by atomic mass is 35.5. The number of halogens is 2. The van der Waals surface area contributed by atoms with Crippen molar-refractivity contribution in [3.63, 3.8) is 0 Å². The molecule has 1 heterocycles. The maximum Gasteiger partial charge on any atom is 0.276 e. The van der Waals surface area contributed by atoms with Crippen molar-refractivity contribution >= 4 is 52.5 Å². The molecule has 0 saturated carbocycles. The zero-order valence-corrected chi connectivity index (χ0v) is 19.0. The van der Waals surface area contributed by atoms with Gasteiger partial charge in [-0.15, -0.1) is 0 Å². The van der Waals surface area contributed by atoms with Gasteiger partial charge in [-0.3, -0.25) is 9.69 Å². The van der Waals surface area contributed by atoms with Crippen LogP contribution in [0.3, 0.4) is 0 Å². The fraction of sp³-hybridized carbons (Fsp3) is 0.273. The van der Waals surface area contributed by atoms with Gasteiger partial charge in [0.15, 0.2) is 16.6 Å². The molecule has 1 fully saturated rings. The number of nitrogens with one attached hydrogen (secondary N) is 1. The van der Waals surface area contributed by atoms with Crippen molar-refractivity contribution in [1.82, 2.24) is 10.2 Å². The summed E-state index contributed by atoms with van der Waals surface area (Å²) < 4.78 is 11.7. The minimum Gasteiger partial charge on any atom is -0.490 e. The molecule has 1 saturated heterocycles. The first-order chi connectivity index (χ1) is 14.4. The number of amides is 1. The normalized spacial score (nSPS) is 14.9. The van der Waals surface area contributed by atoms with E-state index in [1.165, 1.54) is 0 Å². The lowest BCUT2D eigenvalue weighted by molar-refractivity contribution is -0.122. The standard InChI is InChI=1S/C22H22Cl2N2O3S/c1-3-9-26-21(27)18(25-22(26)30)11-15-10-17(24)20(19(12-15)28-4-2)29-13-14-5-7-16(23)8-6-14/h5-8,10-12H,3-4,9,13H2,1-2H3,(H,25,30)/b18-11-. The topological polar surface area (TPSA) is 50.8 Å². The van der Waals surface area contributed by atoms with E-state index in [-0.39, 0.29) is 5.91 Å². The average Bonchev–Trinajstić information content (AvgIpc) is 2.97. The Balaban J connectivity index is 1.85. The van der Waals surface area contributed by atoms with Gasteiger partial charge in [0.05, 0.1) is 11.6 Å². The highest BCUT2D eigenvalue weighted by Crippen LogP contribution is 2.38. The van der Waals surface area contributed by atoms with Crippen LogP contribution in [0.5, 0.6) is 11.5 Å². The third-order valence-electron chi connectivity index (χ3n) is 4.35. The Hall–Kier alpha value is -2.28. The molecule has 2 aromatic carbocycles. The van der Waals surface area contributed by atoms with Gasteiger partial charge in [0.2, 0.25) is 0 Å². The van der Waals surface area contributed by atoms with E-state index in [1.54, 1.807) is 35.2 Å². The molecule has 0 radical (unpaired) electrons. The molecule has 2 aromatic rings. The van der Waals surface area contributed by atoms with Crippen molar-refractivity contribution in [2.45, 2.75) is 26.9 Å². The van der Waals surface area contributed by atoms with Crippen molar-refractivity contribution in [2.24, 2.45) is 0 Å². The van der Waals surface area contributed by atoms with Crippen molar-refractivity contribution in [1.29, 1.82) is 0 Å². The highest BCUT2D eigenvalue weighted by molar-refractivity contribution is 7.80. The van der Waals surface area contributed by atoms with Crippen LogP contribution in [0.15, 0.2) is 42.1 Å². The third-order valence-corrected chi connectivity index (χ3v) is 5.20. The predicted molar refractivity (Wildman–Crippen MR) is 124 cm³/mol. The summed E-state index contributed by atoms with van der Waals surface area (Å²) in [5.74, 6) is 0.799. The van der Waals surface area contributed by atoms with Gasteiger partial charge in [-0.1, -0.05) is 42.3 Å². The Labute approximate surface area is 191 Å². The van der Waals surface area contributed by atoms with Crippen LogP contribution >= 0.6 is 35.4 Å². The van der Waals surface area contributed by atoms with Gasteiger partial charge < -0.3 is 14.8 Å². The molecule has 0 aromatic heterocycles. The first-order valence-corrected chi connectivity index (χ1v) is 10.8. The summed E-state index contributed by atoms with van der Waals surface area (Å²) in [6, 6.07) is 10.9. The molecule has 0 bridgehead atoms. The van der Waals surface area contributed by atoms with Gasteiger partial charge in [0, 0.05) is 11.6 Å². The summed E-state index contributed by atoms with van der Waals surface area (Å²) >= 11 is 17.7. The number of carbonyl (C=O) groups excluding carboxylic acids is 1. The number of nitrogens with zero attached hydrogens (tertiary/aromatic N) is 1. The summed E-state index contributed by atoms with van der Waals surface area (Å²) in [5, 5.41) is 4.43. The molecule has 1 amide bonds. The van der Waals surface area contributed by atoms with Crippen LogP contribution in [0.2, 0.25) is 10.0 Å². The second kappa shape index (κ2) is 10.2. The van der Waals surface area contributed by atoms with E-state index in [4.69, 9.17) is 44.9 Å². The van der Waals surface area contributed by atoms with Gasteiger partial charge in [-0.25, -0.2) is 0 Å². The molecule has 1 N–H and O–H groups in total. The van der Waals surface area contributed by atoms with Crippen LogP contribution in [0, 0.1) is 0 Å². The summed E-state index contributed by atoms with van der Waals surface area (Å²) in [6.45, 7) is 5.21. The Morgan fingerprint density at radius 2 is 1.87 bits per heavy atom. The van der Waals surface area contributed by atoms with E-state index in [0.717, 1.165) is 12.0 Å². The highest BCUT2D eigenvalue weighted by Gasteiger charge is 2.29. The minimum atomic E-state index is -0.154. The lowest BCUT2D eigenvalue weighted by atomic mass is 10.1. The molecule has 5 nitrogen and oxygen atoms in total. The number of benzene rings is 2. The molecule has 0 spiro atoms. The molecule has 0 unspecified atom stereocenters. The molecule has 1 aliphatic rings. The summed E-state index contributed by atoms with van der Waals surface area (Å²) in [6.07, 6.45) is 2.53. The van der Waals surface area contributed by atoms with Gasteiger partial charge in [0.25, 0.3) is 5.91 Å². The molecule has 3 rings (SSSR count). The first kappa shape index (κ1) is 22.4. The SMILES string of the molecule is CCCN1C(=O)/C(=C/c2cc(Cl)c(OCc3ccc(Cl)cc3)c(OCC)c2)NC1=S. The molecule has 8 heteroatoms. The Morgan fingerprint density at radius 3 is 2.53 bits per heavy atom. The predicted octanol–water partition coefficient (Wildman–Crippen LogP) is 5.44. The number of hydrogen-bond acceptors (Lipinski definition) is 4. The number of hydrogen-bond donors (Lipinski definition) is 1. The van der Waals surface area contributed by atoms with Crippen molar-refractivity contribution in [2.75, 3.05) is 13.2 Å². The molecular formula is C22H22Cl2N2O3S. The summed E-state index contributed by atoms with van der Waals surface area (Å²) in [4.78, 5) is 14.1. The van der Waals surface area contributed by atoms with Crippen molar-refractivity contribution in [3.8, 4) is 11.5 Å². The lowest BCUT2D eigenvalue weighted by Crippen LogP contribution is -2.31. The fourth-order valence-corrected chi connectivity index (χ4v) is 3.66. The van der Waals surface area contributed by atoms with Crippen LogP contribution in [-0.2, 0) is 11.4 Å². The number of thiocarbonyl (C=S) groups is 1. The second-order valence-corrected chi connectivity index (χ2v) is 7.85. The average molecular weight is 465 g/mol. The van der Waals surface area contributed by atoms with Crippen LogP contribution in [-0.4, -0.2) is 29.1 Å². The first-order valence-electron chi connectivity index (χ1n) is 9.61. The van der Waals surface area contributed by atoms with E-state index in [9.17, 15) is 4.79 Å². The van der Waals surface area contributed by atoms with Gasteiger partial charge in [0.1, 0.15) is 12.3 Å². The summed E-state index contributed by atoms with van der Waals surface area (Å²) in [7, 11) is 0. The van der Waals surface area contributed by atoms with E-state index < -0.39 is 0 Å². The zero-order chi connectivity index (χ0) is 21.7. The maximum absolute atomic E-state index is 12.6. The van der Waals surface area contributed by atoms with Crippen LogP contribution in [0.25, 0.3) is 6.08 Å². The Bertz CT molecular complexity index is 977. The number of rotatable bonds is 8. The van der Waals surface area contributed by atoms with E-state index in [1.807, 2.05) is 26.0 Å². The monoisotopic (exact) mass is 464 g/mol. The molecule has 0 aliphatic carbocycles. The minimum absolute atomic E-state index is 0.154. The van der Waals surface area contributed by atoms with Crippen molar-refractivity contribution < 1.29 is 14.3 Å². The number of carbonyl (C=O) groups is 1. The van der Waals surface area contributed by atoms with Gasteiger partial charge >= 0.3 is 0 Å². The Morgan fingerprint density at radius 1 is 1.13 bits per heavy atom. The quantitative estimate of drug-likeness (QED) is 0.416. The van der Waals surface area contributed by atoms with Crippen LogP contribution < -0.4 is 14.8 Å². The van der Waals surface area contributed by atoms with E-state index in [0.29, 0.717) is 57.7 Å². The van der Waals surface area contributed by atoms with E-state index >= 15 is 0 Å². The largest absolute Gasteiger partial charge is 0.490 e.